The van der Waals surface area contributed by atoms with Gasteiger partial charge < -0.3 is 10.2 Å². The number of hydrogen-bond donors (Lipinski definition) is 1. The van der Waals surface area contributed by atoms with E-state index in [0.717, 1.165) is 6.08 Å². The maximum atomic E-state index is 9.69. The predicted octanol–water partition coefficient (Wildman–Crippen LogP) is -0.622. The molecule has 0 spiro atoms. The molecular weight excluding hydrogens is 108 g/mol. The van der Waals surface area contributed by atoms with Gasteiger partial charge in [0.15, 0.2) is 0 Å². The molecule has 0 fully saturated rings. The minimum atomic E-state index is -1.00. The van der Waals surface area contributed by atoms with Crippen molar-refractivity contribution in [1.82, 2.24) is 0 Å². The standard InChI is InChI=1S/C5H7O3/c6-4-2-1-3-5(7)8/h1,3H,2,4H2,(H,7,8)/q-1/b3-1+. The summed E-state index contributed by atoms with van der Waals surface area (Å²) in [4.78, 5) is 9.69. The van der Waals surface area contributed by atoms with Gasteiger partial charge in [-0.2, -0.15) is 0 Å². The van der Waals surface area contributed by atoms with E-state index in [2.05, 4.69) is 0 Å². The fourth-order valence-electron chi connectivity index (χ4n) is 0.252. The highest BCUT2D eigenvalue weighted by molar-refractivity contribution is 5.79. The molecule has 0 aliphatic heterocycles. The number of hydrogen-bond acceptors (Lipinski definition) is 2. The summed E-state index contributed by atoms with van der Waals surface area (Å²) in [7, 11) is 0. The molecule has 0 saturated carbocycles. The Morgan fingerprint density at radius 2 is 2.38 bits per heavy atom. The molecule has 0 saturated heterocycles. The molecule has 0 heterocycles. The monoisotopic (exact) mass is 115 g/mol. The fourth-order valence-corrected chi connectivity index (χ4v) is 0.252. The van der Waals surface area contributed by atoms with Gasteiger partial charge in [0.2, 0.25) is 0 Å². The van der Waals surface area contributed by atoms with Crippen molar-refractivity contribution in [3.8, 4) is 0 Å². The van der Waals surface area contributed by atoms with Gasteiger partial charge >= 0.3 is 5.97 Å². The third kappa shape index (κ3) is 5.17. The van der Waals surface area contributed by atoms with Crippen molar-refractivity contribution in [1.29, 1.82) is 0 Å². The van der Waals surface area contributed by atoms with E-state index in [4.69, 9.17) is 5.11 Å². The van der Waals surface area contributed by atoms with Crippen LogP contribution in [0.3, 0.4) is 0 Å². The van der Waals surface area contributed by atoms with Gasteiger partial charge in [-0.15, -0.1) is 6.61 Å². The molecule has 0 aromatic carbocycles. The Morgan fingerprint density at radius 3 is 2.75 bits per heavy atom. The van der Waals surface area contributed by atoms with Crippen LogP contribution in [0.5, 0.6) is 0 Å². The molecule has 3 nitrogen and oxygen atoms in total. The second-order valence-corrected chi connectivity index (χ2v) is 1.23. The van der Waals surface area contributed by atoms with E-state index in [1.54, 1.807) is 0 Å². The Hall–Kier alpha value is -0.830. The molecule has 0 rings (SSSR count). The van der Waals surface area contributed by atoms with Crippen LogP contribution in [0.25, 0.3) is 0 Å². The molecule has 1 N–H and O–H groups in total. The fraction of sp³-hybridized carbons (Fsp3) is 0.400. The summed E-state index contributed by atoms with van der Waals surface area (Å²) in [5, 5.41) is 17.6. The zero-order valence-electron chi connectivity index (χ0n) is 4.33. The summed E-state index contributed by atoms with van der Waals surface area (Å²) >= 11 is 0. The van der Waals surface area contributed by atoms with Crippen molar-refractivity contribution in [2.75, 3.05) is 6.61 Å². The lowest BCUT2D eigenvalue weighted by molar-refractivity contribution is -0.366. The molecule has 0 radical (unpaired) electrons. The summed E-state index contributed by atoms with van der Waals surface area (Å²) in [6, 6.07) is 0. The first-order chi connectivity index (χ1) is 3.77. The zero-order valence-corrected chi connectivity index (χ0v) is 4.33. The van der Waals surface area contributed by atoms with Gasteiger partial charge in [0.05, 0.1) is 0 Å². The lowest BCUT2D eigenvalue weighted by atomic mass is 10.4. The van der Waals surface area contributed by atoms with Crippen molar-refractivity contribution in [3.05, 3.63) is 12.2 Å². The number of carbonyl (C=O) groups is 1. The molecule has 0 bridgehead atoms. The maximum Gasteiger partial charge on any atom is 0.327 e. The van der Waals surface area contributed by atoms with Crippen molar-refractivity contribution in [3.63, 3.8) is 0 Å². The van der Waals surface area contributed by atoms with E-state index in [1.165, 1.54) is 6.08 Å². The second kappa shape index (κ2) is 4.33. The van der Waals surface area contributed by atoms with Crippen LogP contribution in [0.4, 0.5) is 0 Å². The van der Waals surface area contributed by atoms with Gasteiger partial charge in [-0.1, -0.05) is 6.08 Å². The summed E-state index contributed by atoms with van der Waals surface area (Å²) in [5.41, 5.74) is 0. The Labute approximate surface area is 47.3 Å². The van der Waals surface area contributed by atoms with Crippen molar-refractivity contribution in [2.24, 2.45) is 0 Å². The van der Waals surface area contributed by atoms with Crippen molar-refractivity contribution >= 4 is 5.97 Å². The van der Waals surface area contributed by atoms with Gasteiger partial charge in [-0.3, -0.25) is 0 Å². The van der Waals surface area contributed by atoms with Gasteiger partial charge in [-0.25, -0.2) is 4.79 Å². The van der Waals surface area contributed by atoms with E-state index in [9.17, 15) is 9.90 Å². The van der Waals surface area contributed by atoms with Crippen LogP contribution in [0.1, 0.15) is 6.42 Å². The largest absolute Gasteiger partial charge is 0.854 e. The smallest absolute Gasteiger partial charge is 0.327 e. The molecular formula is C5H7O3-. The summed E-state index contributed by atoms with van der Waals surface area (Å²) in [6.07, 6.45) is 2.61. The molecule has 3 heteroatoms. The first-order valence-electron chi connectivity index (χ1n) is 2.25. The van der Waals surface area contributed by atoms with Crippen LogP contribution in [0, 0.1) is 0 Å². The Morgan fingerprint density at radius 1 is 1.75 bits per heavy atom. The van der Waals surface area contributed by atoms with E-state index < -0.39 is 5.97 Å². The molecule has 0 aliphatic carbocycles. The molecule has 0 aromatic heterocycles. The zero-order chi connectivity index (χ0) is 6.41. The number of carboxylic acids is 1. The van der Waals surface area contributed by atoms with Crippen molar-refractivity contribution < 1.29 is 15.0 Å². The topological polar surface area (TPSA) is 60.4 Å². The number of aliphatic carboxylic acids is 1. The average Bonchev–Trinajstić information content (AvgIpc) is 1.66. The summed E-state index contributed by atoms with van der Waals surface area (Å²) in [5.74, 6) is -1.00. The van der Waals surface area contributed by atoms with Gasteiger partial charge in [0.1, 0.15) is 0 Å². The van der Waals surface area contributed by atoms with Crippen LogP contribution in [0.15, 0.2) is 12.2 Å². The SMILES string of the molecule is O=C(O)/C=C/CC[O-]. The molecule has 46 valence electrons. The molecule has 0 amide bonds. The quantitative estimate of drug-likeness (QED) is 0.498. The van der Waals surface area contributed by atoms with E-state index in [0.29, 0.717) is 6.42 Å². The van der Waals surface area contributed by atoms with Crippen LogP contribution in [-0.2, 0) is 4.79 Å². The second-order valence-electron chi connectivity index (χ2n) is 1.23. The Kier molecular flexibility index (Phi) is 3.88. The van der Waals surface area contributed by atoms with Crippen molar-refractivity contribution in [2.45, 2.75) is 6.42 Å². The third-order valence-electron chi connectivity index (χ3n) is 0.545. The van der Waals surface area contributed by atoms with Crippen LogP contribution in [0.2, 0.25) is 0 Å². The number of rotatable bonds is 3. The normalized spacial score (nSPS) is 10.1. The lowest BCUT2D eigenvalue weighted by Crippen LogP contribution is -2.03. The first-order valence-corrected chi connectivity index (χ1v) is 2.25. The van der Waals surface area contributed by atoms with Crippen LogP contribution < -0.4 is 5.11 Å². The highest BCUT2D eigenvalue weighted by Gasteiger charge is 1.79. The summed E-state index contributed by atoms with van der Waals surface area (Å²) in [6.45, 7) is -0.246. The van der Waals surface area contributed by atoms with Crippen LogP contribution in [-0.4, -0.2) is 17.7 Å². The summed E-state index contributed by atoms with van der Waals surface area (Å²) < 4.78 is 0. The highest BCUT2D eigenvalue weighted by Crippen LogP contribution is 1.76. The average molecular weight is 115 g/mol. The first kappa shape index (κ1) is 7.17. The molecule has 0 aliphatic rings. The number of carboxylic acid groups (broad SMARTS) is 1. The molecule has 0 aromatic rings. The maximum absolute atomic E-state index is 9.69. The Balaban J connectivity index is 3.20. The Bertz CT molecular complexity index is 95.8. The molecule has 0 unspecified atom stereocenters. The third-order valence-corrected chi connectivity index (χ3v) is 0.545. The van der Waals surface area contributed by atoms with E-state index >= 15 is 0 Å². The van der Waals surface area contributed by atoms with E-state index in [1.807, 2.05) is 0 Å². The molecule has 8 heavy (non-hydrogen) atoms. The van der Waals surface area contributed by atoms with Gasteiger partial charge in [0.25, 0.3) is 0 Å². The van der Waals surface area contributed by atoms with Gasteiger partial charge in [0, 0.05) is 6.08 Å². The minimum absolute atomic E-state index is 0.246. The predicted molar refractivity (Wildman–Crippen MR) is 26.3 cm³/mol. The lowest BCUT2D eigenvalue weighted by Gasteiger charge is -1.92. The highest BCUT2D eigenvalue weighted by atomic mass is 16.4. The van der Waals surface area contributed by atoms with Gasteiger partial charge in [-0.05, 0) is 6.42 Å². The minimum Gasteiger partial charge on any atom is -0.854 e. The molecule has 0 atom stereocenters. The van der Waals surface area contributed by atoms with Crippen LogP contribution >= 0.6 is 0 Å². The van der Waals surface area contributed by atoms with E-state index in [-0.39, 0.29) is 6.61 Å².